The molecule has 0 aliphatic carbocycles. The lowest BCUT2D eigenvalue weighted by Crippen LogP contribution is -2.42. The standard InChI is InChI=1S/C14H19FN2O2/c1-14(2,3)19-13(18)17-8-7-10(16)12-9(15)5-4-6-11(12)17/h4-6,10H,7-8,16H2,1-3H3. The minimum atomic E-state index is -0.579. The maximum absolute atomic E-state index is 13.8. The van der Waals surface area contributed by atoms with Crippen LogP contribution in [-0.2, 0) is 4.74 Å². The predicted octanol–water partition coefficient (Wildman–Crippen LogP) is 2.97. The van der Waals surface area contributed by atoms with E-state index in [2.05, 4.69) is 0 Å². The van der Waals surface area contributed by atoms with Gasteiger partial charge in [0, 0.05) is 18.2 Å². The Bertz CT molecular complexity index is 497. The molecule has 0 radical (unpaired) electrons. The van der Waals surface area contributed by atoms with E-state index in [0.717, 1.165) is 0 Å². The SMILES string of the molecule is CC(C)(C)OC(=O)N1CCC(N)c2c(F)cccc21. The number of benzene rings is 1. The fraction of sp³-hybridized carbons (Fsp3) is 0.500. The summed E-state index contributed by atoms with van der Waals surface area (Å²) >= 11 is 0. The fourth-order valence-corrected chi connectivity index (χ4v) is 2.17. The molecule has 0 saturated heterocycles. The molecule has 19 heavy (non-hydrogen) atoms. The van der Waals surface area contributed by atoms with Crippen LogP contribution < -0.4 is 10.6 Å². The number of nitrogens with two attached hydrogens (primary N) is 1. The summed E-state index contributed by atoms with van der Waals surface area (Å²) in [5.74, 6) is -0.377. The third-order valence-electron chi connectivity index (χ3n) is 2.97. The van der Waals surface area contributed by atoms with Crippen LogP contribution in [0.15, 0.2) is 18.2 Å². The van der Waals surface area contributed by atoms with Crippen molar-refractivity contribution >= 4 is 11.8 Å². The van der Waals surface area contributed by atoms with Crippen molar-refractivity contribution in [2.75, 3.05) is 11.4 Å². The van der Waals surface area contributed by atoms with Crippen molar-refractivity contribution in [3.63, 3.8) is 0 Å². The molecule has 0 fully saturated rings. The number of carbonyl (C=O) groups is 1. The van der Waals surface area contributed by atoms with E-state index in [0.29, 0.717) is 24.2 Å². The summed E-state index contributed by atoms with van der Waals surface area (Å²) in [6.07, 6.45) is 0.0546. The predicted molar refractivity (Wildman–Crippen MR) is 71.5 cm³/mol. The average molecular weight is 266 g/mol. The molecule has 0 saturated carbocycles. The lowest BCUT2D eigenvalue weighted by molar-refractivity contribution is 0.0576. The zero-order valence-electron chi connectivity index (χ0n) is 11.4. The third-order valence-corrected chi connectivity index (χ3v) is 2.97. The van der Waals surface area contributed by atoms with E-state index in [1.54, 1.807) is 32.9 Å². The number of fused-ring (bicyclic) bond motifs is 1. The molecule has 1 amide bonds. The number of carbonyl (C=O) groups excluding carboxylic acids is 1. The van der Waals surface area contributed by atoms with Crippen LogP contribution in [0.2, 0.25) is 0 Å². The second kappa shape index (κ2) is 4.81. The maximum Gasteiger partial charge on any atom is 0.414 e. The molecule has 0 aromatic heterocycles. The smallest absolute Gasteiger partial charge is 0.414 e. The Kier molecular flexibility index (Phi) is 3.49. The van der Waals surface area contributed by atoms with Gasteiger partial charge in [0.25, 0.3) is 0 Å². The van der Waals surface area contributed by atoms with Crippen LogP contribution in [0.5, 0.6) is 0 Å². The Balaban J connectivity index is 2.34. The number of hydrogen-bond donors (Lipinski definition) is 1. The zero-order valence-corrected chi connectivity index (χ0v) is 11.4. The molecule has 1 heterocycles. The number of ether oxygens (including phenoxy) is 1. The van der Waals surface area contributed by atoms with Crippen LogP contribution >= 0.6 is 0 Å². The van der Waals surface area contributed by atoms with Crippen molar-refractivity contribution < 1.29 is 13.9 Å². The summed E-state index contributed by atoms with van der Waals surface area (Å²) in [6, 6.07) is 4.25. The largest absolute Gasteiger partial charge is 0.443 e. The van der Waals surface area contributed by atoms with Crippen LogP contribution in [-0.4, -0.2) is 18.2 Å². The second-order valence-corrected chi connectivity index (χ2v) is 5.70. The van der Waals surface area contributed by atoms with Crippen LogP contribution in [0.4, 0.5) is 14.9 Å². The van der Waals surface area contributed by atoms with Crippen LogP contribution in [0, 0.1) is 5.82 Å². The van der Waals surface area contributed by atoms with Gasteiger partial charge in [-0.3, -0.25) is 4.90 Å². The van der Waals surface area contributed by atoms with Gasteiger partial charge in [0.2, 0.25) is 0 Å². The molecule has 2 rings (SSSR count). The van der Waals surface area contributed by atoms with E-state index in [1.807, 2.05) is 0 Å². The lowest BCUT2D eigenvalue weighted by atomic mass is 9.97. The average Bonchev–Trinajstić information content (AvgIpc) is 2.26. The van der Waals surface area contributed by atoms with E-state index in [-0.39, 0.29) is 11.9 Å². The first-order valence-electron chi connectivity index (χ1n) is 6.34. The molecule has 1 aliphatic heterocycles. The molecule has 1 aromatic carbocycles. The van der Waals surface area contributed by atoms with E-state index in [1.165, 1.54) is 11.0 Å². The first-order chi connectivity index (χ1) is 8.79. The summed E-state index contributed by atoms with van der Waals surface area (Å²) in [6.45, 7) is 5.83. The van der Waals surface area contributed by atoms with Crippen LogP contribution in [0.1, 0.15) is 38.8 Å². The van der Waals surface area contributed by atoms with Gasteiger partial charge < -0.3 is 10.5 Å². The summed E-state index contributed by atoms with van der Waals surface area (Å²) in [4.78, 5) is 13.6. The molecule has 0 bridgehead atoms. The molecule has 1 unspecified atom stereocenters. The highest BCUT2D eigenvalue weighted by atomic mass is 19.1. The fourth-order valence-electron chi connectivity index (χ4n) is 2.17. The molecule has 104 valence electrons. The van der Waals surface area contributed by atoms with Gasteiger partial charge in [-0.05, 0) is 39.3 Å². The maximum atomic E-state index is 13.8. The molecule has 1 aromatic rings. The number of rotatable bonds is 0. The molecule has 0 spiro atoms. The molecule has 2 N–H and O–H groups in total. The first kappa shape index (κ1) is 13.8. The molecular formula is C14H19FN2O2. The van der Waals surface area contributed by atoms with Gasteiger partial charge in [-0.2, -0.15) is 0 Å². The Morgan fingerprint density at radius 1 is 1.47 bits per heavy atom. The number of hydrogen-bond acceptors (Lipinski definition) is 3. The van der Waals surface area contributed by atoms with Gasteiger partial charge in [-0.15, -0.1) is 0 Å². The Hall–Kier alpha value is -1.62. The van der Waals surface area contributed by atoms with Gasteiger partial charge in [-0.1, -0.05) is 6.07 Å². The summed E-state index contributed by atoms with van der Waals surface area (Å²) in [5, 5.41) is 0. The summed E-state index contributed by atoms with van der Waals surface area (Å²) in [7, 11) is 0. The number of amides is 1. The highest BCUT2D eigenvalue weighted by molar-refractivity contribution is 5.89. The Labute approximate surface area is 112 Å². The number of halogens is 1. The minimum absolute atomic E-state index is 0.377. The lowest BCUT2D eigenvalue weighted by Gasteiger charge is -2.34. The zero-order chi connectivity index (χ0) is 14.2. The van der Waals surface area contributed by atoms with E-state index in [4.69, 9.17) is 10.5 Å². The van der Waals surface area contributed by atoms with Gasteiger partial charge in [0.1, 0.15) is 11.4 Å². The highest BCUT2D eigenvalue weighted by Crippen LogP contribution is 2.35. The van der Waals surface area contributed by atoms with Gasteiger partial charge in [0.15, 0.2) is 0 Å². The normalized spacial score (nSPS) is 19.0. The third kappa shape index (κ3) is 2.87. The molecule has 1 aliphatic rings. The molecule has 1 atom stereocenters. The van der Waals surface area contributed by atoms with Gasteiger partial charge in [0.05, 0.1) is 5.69 Å². The monoisotopic (exact) mass is 266 g/mol. The first-order valence-corrected chi connectivity index (χ1v) is 6.34. The minimum Gasteiger partial charge on any atom is -0.443 e. The Morgan fingerprint density at radius 2 is 2.16 bits per heavy atom. The van der Waals surface area contributed by atoms with Crippen molar-refractivity contribution in [3.05, 3.63) is 29.6 Å². The van der Waals surface area contributed by atoms with Crippen LogP contribution in [0.25, 0.3) is 0 Å². The van der Waals surface area contributed by atoms with Crippen molar-refractivity contribution in [2.24, 2.45) is 5.73 Å². The van der Waals surface area contributed by atoms with Crippen molar-refractivity contribution in [3.8, 4) is 0 Å². The number of nitrogens with zero attached hydrogens (tertiary/aromatic N) is 1. The van der Waals surface area contributed by atoms with Crippen molar-refractivity contribution in [1.82, 2.24) is 0 Å². The Morgan fingerprint density at radius 3 is 2.79 bits per heavy atom. The van der Waals surface area contributed by atoms with E-state index < -0.39 is 11.7 Å². The van der Waals surface area contributed by atoms with Gasteiger partial charge in [-0.25, -0.2) is 9.18 Å². The molecule has 4 nitrogen and oxygen atoms in total. The summed E-state index contributed by atoms with van der Waals surface area (Å²) < 4.78 is 19.2. The van der Waals surface area contributed by atoms with Crippen molar-refractivity contribution in [1.29, 1.82) is 0 Å². The number of anilines is 1. The second-order valence-electron chi connectivity index (χ2n) is 5.70. The summed E-state index contributed by atoms with van der Waals surface area (Å²) in [5.41, 5.74) is 6.23. The quantitative estimate of drug-likeness (QED) is 0.785. The van der Waals surface area contributed by atoms with Crippen molar-refractivity contribution in [2.45, 2.75) is 38.8 Å². The van der Waals surface area contributed by atoms with Crippen LogP contribution in [0.3, 0.4) is 0 Å². The van der Waals surface area contributed by atoms with E-state index >= 15 is 0 Å². The molecular weight excluding hydrogens is 247 g/mol. The van der Waals surface area contributed by atoms with Gasteiger partial charge >= 0.3 is 6.09 Å². The topological polar surface area (TPSA) is 55.6 Å². The molecule has 5 heteroatoms. The highest BCUT2D eigenvalue weighted by Gasteiger charge is 2.31. The van der Waals surface area contributed by atoms with E-state index in [9.17, 15) is 9.18 Å².